The van der Waals surface area contributed by atoms with E-state index in [-0.39, 0.29) is 5.91 Å². The Hall–Kier alpha value is -2.25. The van der Waals surface area contributed by atoms with Crippen LogP contribution in [0.5, 0.6) is 0 Å². The first kappa shape index (κ1) is 16.6. The number of anilines is 1. The highest BCUT2D eigenvalue weighted by Crippen LogP contribution is 2.19. The third-order valence-corrected chi connectivity index (χ3v) is 4.11. The number of amides is 1. The molecule has 1 N–H and O–H groups in total. The van der Waals surface area contributed by atoms with Gasteiger partial charge in [0.05, 0.1) is 0 Å². The molecule has 122 valence electrons. The number of carbonyl (C=O) groups is 1. The van der Waals surface area contributed by atoms with Crippen LogP contribution in [0.15, 0.2) is 53.0 Å². The zero-order valence-corrected chi connectivity index (χ0v) is 15.0. The summed E-state index contributed by atoms with van der Waals surface area (Å²) in [5.74, 6) is 0.210. The van der Waals surface area contributed by atoms with E-state index in [1.165, 1.54) is 4.80 Å². The maximum atomic E-state index is 12.3. The Morgan fingerprint density at radius 1 is 1.25 bits per heavy atom. The van der Waals surface area contributed by atoms with Crippen LogP contribution in [0, 0.1) is 0 Å². The van der Waals surface area contributed by atoms with Crippen molar-refractivity contribution in [3.63, 3.8) is 0 Å². The average molecular weight is 407 g/mol. The number of tetrazole rings is 1. The number of halogens is 2. The first-order valence-corrected chi connectivity index (χ1v) is 8.32. The summed E-state index contributed by atoms with van der Waals surface area (Å²) in [5, 5.41) is 15.6. The molecule has 0 spiro atoms. The minimum Gasteiger partial charge on any atom is -0.324 e. The summed E-state index contributed by atoms with van der Waals surface area (Å²) >= 11 is 9.29. The van der Waals surface area contributed by atoms with E-state index in [9.17, 15) is 4.79 Å². The molecule has 0 saturated carbocycles. The van der Waals surface area contributed by atoms with Crippen molar-refractivity contribution in [3.8, 4) is 11.4 Å². The predicted octanol–water partition coefficient (Wildman–Crippen LogP) is 3.96. The topological polar surface area (TPSA) is 72.7 Å². The van der Waals surface area contributed by atoms with Gasteiger partial charge in [-0.15, -0.1) is 10.2 Å². The minimum absolute atomic E-state index is 0.253. The summed E-state index contributed by atoms with van der Waals surface area (Å²) in [6.45, 7) is 1.70. The van der Waals surface area contributed by atoms with Gasteiger partial charge in [-0.1, -0.05) is 33.6 Å². The van der Waals surface area contributed by atoms with Gasteiger partial charge in [0.15, 0.2) is 0 Å². The fourth-order valence-corrected chi connectivity index (χ4v) is 2.48. The molecule has 2 aromatic carbocycles. The first-order valence-electron chi connectivity index (χ1n) is 7.15. The number of benzene rings is 2. The van der Waals surface area contributed by atoms with Crippen LogP contribution in [0.1, 0.15) is 13.0 Å². The van der Waals surface area contributed by atoms with Crippen molar-refractivity contribution in [3.05, 3.63) is 58.0 Å². The van der Waals surface area contributed by atoms with Crippen LogP contribution in [0.4, 0.5) is 5.69 Å². The Labute approximate surface area is 152 Å². The van der Waals surface area contributed by atoms with Gasteiger partial charge in [-0.3, -0.25) is 4.79 Å². The lowest BCUT2D eigenvalue weighted by molar-refractivity contribution is -0.119. The summed E-state index contributed by atoms with van der Waals surface area (Å²) in [4.78, 5) is 13.6. The average Bonchev–Trinajstić information content (AvgIpc) is 3.04. The zero-order valence-electron chi connectivity index (χ0n) is 12.6. The fourth-order valence-electron chi connectivity index (χ4n) is 2.02. The number of carbonyl (C=O) groups excluding carboxylic acids is 1. The van der Waals surface area contributed by atoms with Crippen LogP contribution in [0.25, 0.3) is 11.4 Å². The normalized spacial score (nSPS) is 12.0. The van der Waals surface area contributed by atoms with Crippen LogP contribution in [0.2, 0.25) is 5.02 Å². The summed E-state index contributed by atoms with van der Waals surface area (Å²) < 4.78 is 0.966. The number of rotatable bonds is 4. The molecular formula is C16H13BrClN5O. The first-order chi connectivity index (χ1) is 11.5. The van der Waals surface area contributed by atoms with Crippen molar-refractivity contribution in [2.24, 2.45) is 0 Å². The molecule has 6 nitrogen and oxygen atoms in total. The monoisotopic (exact) mass is 405 g/mol. The van der Waals surface area contributed by atoms with Gasteiger partial charge < -0.3 is 5.32 Å². The zero-order chi connectivity index (χ0) is 17.1. The van der Waals surface area contributed by atoms with Crippen LogP contribution in [-0.4, -0.2) is 26.1 Å². The summed E-state index contributed by atoms with van der Waals surface area (Å²) in [7, 11) is 0. The third kappa shape index (κ3) is 3.80. The molecule has 0 fully saturated rings. The molecule has 1 unspecified atom stereocenters. The van der Waals surface area contributed by atoms with Gasteiger partial charge in [0.2, 0.25) is 5.82 Å². The highest BCUT2D eigenvalue weighted by molar-refractivity contribution is 9.10. The molecule has 1 amide bonds. The molecular weight excluding hydrogens is 394 g/mol. The molecule has 8 heteroatoms. The van der Waals surface area contributed by atoms with E-state index in [0.717, 1.165) is 10.0 Å². The van der Waals surface area contributed by atoms with E-state index < -0.39 is 6.04 Å². The molecule has 0 saturated heterocycles. The van der Waals surface area contributed by atoms with Gasteiger partial charge in [0, 0.05) is 20.7 Å². The van der Waals surface area contributed by atoms with E-state index in [1.54, 1.807) is 31.2 Å². The summed E-state index contributed by atoms with van der Waals surface area (Å²) in [6, 6.07) is 13.9. The Bertz CT molecular complexity index is 865. The highest BCUT2D eigenvalue weighted by Gasteiger charge is 2.19. The quantitative estimate of drug-likeness (QED) is 0.712. The lowest BCUT2D eigenvalue weighted by Gasteiger charge is -2.10. The molecule has 1 heterocycles. The van der Waals surface area contributed by atoms with Crippen molar-refractivity contribution in [2.45, 2.75) is 13.0 Å². The van der Waals surface area contributed by atoms with Crippen molar-refractivity contribution in [1.82, 2.24) is 20.2 Å². The number of nitrogens with zero attached hydrogens (tertiary/aromatic N) is 4. The van der Waals surface area contributed by atoms with Gasteiger partial charge in [-0.2, -0.15) is 4.80 Å². The van der Waals surface area contributed by atoms with Gasteiger partial charge in [-0.05, 0) is 54.6 Å². The Kier molecular flexibility index (Phi) is 4.92. The molecule has 0 bridgehead atoms. The van der Waals surface area contributed by atoms with Gasteiger partial charge in [0.1, 0.15) is 6.04 Å². The highest BCUT2D eigenvalue weighted by atomic mass is 79.9. The summed E-state index contributed by atoms with van der Waals surface area (Å²) in [5.41, 5.74) is 1.44. The van der Waals surface area contributed by atoms with E-state index in [4.69, 9.17) is 11.6 Å². The van der Waals surface area contributed by atoms with Gasteiger partial charge in [0.25, 0.3) is 5.91 Å². The number of hydrogen-bond acceptors (Lipinski definition) is 4. The minimum atomic E-state index is -0.610. The van der Waals surface area contributed by atoms with E-state index in [1.807, 2.05) is 24.3 Å². The van der Waals surface area contributed by atoms with E-state index in [2.05, 4.69) is 36.7 Å². The standard InChI is InChI=1S/C16H13BrClN5O/c1-10(16(24)19-14-4-2-3-13(18)9-14)23-21-15(20-22-23)11-5-7-12(17)8-6-11/h2-10H,1H3,(H,19,24). The van der Waals surface area contributed by atoms with E-state index >= 15 is 0 Å². The maximum Gasteiger partial charge on any atom is 0.250 e. The number of nitrogens with one attached hydrogen (secondary N) is 1. The molecule has 0 aliphatic heterocycles. The SMILES string of the molecule is CC(C(=O)Nc1cccc(Cl)c1)n1nnc(-c2ccc(Br)cc2)n1. The van der Waals surface area contributed by atoms with Crippen molar-refractivity contribution < 1.29 is 4.79 Å². The van der Waals surface area contributed by atoms with Crippen LogP contribution < -0.4 is 5.32 Å². The lowest BCUT2D eigenvalue weighted by atomic mass is 10.2. The number of aromatic nitrogens is 4. The lowest BCUT2D eigenvalue weighted by Crippen LogP contribution is -2.25. The van der Waals surface area contributed by atoms with E-state index in [0.29, 0.717) is 16.5 Å². The van der Waals surface area contributed by atoms with Crippen molar-refractivity contribution in [1.29, 1.82) is 0 Å². The third-order valence-electron chi connectivity index (χ3n) is 3.35. The molecule has 24 heavy (non-hydrogen) atoms. The molecule has 0 aliphatic carbocycles. The van der Waals surface area contributed by atoms with Gasteiger partial charge >= 0.3 is 0 Å². The predicted molar refractivity (Wildman–Crippen MR) is 95.7 cm³/mol. The van der Waals surface area contributed by atoms with Crippen LogP contribution >= 0.6 is 27.5 Å². The van der Waals surface area contributed by atoms with Crippen LogP contribution in [0.3, 0.4) is 0 Å². The molecule has 3 rings (SSSR count). The fraction of sp³-hybridized carbons (Fsp3) is 0.125. The number of hydrogen-bond donors (Lipinski definition) is 1. The maximum absolute atomic E-state index is 12.3. The Morgan fingerprint density at radius 2 is 2.00 bits per heavy atom. The molecule has 0 radical (unpaired) electrons. The Morgan fingerprint density at radius 3 is 2.71 bits per heavy atom. The second-order valence-electron chi connectivity index (χ2n) is 5.12. The second kappa shape index (κ2) is 7.11. The molecule has 1 atom stereocenters. The molecule has 0 aliphatic rings. The van der Waals surface area contributed by atoms with Crippen molar-refractivity contribution >= 4 is 39.1 Å². The second-order valence-corrected chi connectivity index (χ2v) is 6.47. The largest absolute Gasteiger partial charge is 0.324 e. The molecule has 3 aromatic rings. The summed E-state index contributed by atoms with van der Waals surface area (Å²) in [6.07, 6.45) is 0. The Balaban J connectivity index is 1.74. The van der Waals surface area contributed by atoms with Crippen molar-refractivity contribution in [2.75, 3.05) is 5.32 Å². The van der Waals surface area contributed by atoms with Crippen LogP contribution in [-0.2, 0) is 4.79 Å². The van der Waals surface area contributed by atoms with Gasteiger partial charge in [-0.25, -0.2) is 0 Å². The molecule has 1 aromatic heterocycles. The smallest absolute Gasteiger partial charge is 0.250 e.